The van der Waals surface area contributed by atoms with Gasteiger partial charge in [-0.2, -0.15) is 0 Å². The van der Waals surface area contributed by atoms with E-state index < -0.39 is 11.7 Å². The summed E-state index contributed by atoms with van der Waals surface area (Å²) in [5.74, 6) is 0. The molecule has 1 N–H and O–H groups in total. The Kier molecular flexibility index (Phi) is 6.00. The van der Waals surface area contributed by atoms with Gasteiger partial charge in [-0.25, -0.2) is 9.59 Å². The van der Waals surface area contributed by atoms with Crippen LogP contribution in [0.25, 0.3) is 0 Å². The molecule has 8 nitrogen and oxygen atoms in total. The molecule has 28 heavy (non-hydrogen) atoms. The number of fused-ring (bicyclic) bond motifs is 1. The van der Waals surface area contributed by atoms with Gasteiger partial charge in [-0.15, -0.1) is 0 Å². The summed E-state index contributed by atoms with van der Waals surface area (Å²) in [4.78, 5) is 28.4. The Hall–Kier alpha value is -2.06. The minimum atomic E-state index is -0.578. The molecule has 156 valence electrons. The van der Waals surface area contributed by atoms with E-state index in [4.69, 9.17) is 14.2 Å². The van der Waals surface area contributed by atoms with Gasteiger partial charge in [0.2, 0.25) is 0 Å². The van der Waals surface area contributed by atoms with Crippen molar-refractivity contribution in [2.75, 3.05) is 39.5 Å². The Morgan fingerprint density at radius 2 is 1.89 bits per heavy atom. The van der Waals surface area contributed by atoms with Crippen molar-refractivity contribution in [3.05, 3.63) is 24.3 Å². The number of carbonyl (C=O) groups excluding carboxylic acids is 2. The molecule has 1 aliphatic carbocycles. The van der Waals surface area contributed by atoms with Crippen LogP contribution in [0.3, 0.4) is 0 Å². The molecule has 0 aromatic heterocycles. The van der Waals surface area contributed by atoms with Crippen molar-refractivity contribution in [1.29, 1.82) is 0 Å². The van der Waals surface area contributed by atoms with E-state index in [1.165, 1.54) is 0 Å². The number of rotatable bonds is 4. The van der Waals surface area contributed by atoms with Crippen LogP contribution in [0.4, 0.5) is 9.59 Å². The van der Waals surface area contributed by atoms with Crippen LogP contribution >= 0.6 is 0 Å². The van der Waals surface area contributed by atoms with Crippen LogP contribution in [0.1, 0.15) is 27.2 Å². The largest absolute Gasteiger partial charge is 0.444 e. The number of hydrogen-bond acceptors (Lipinski definition) is 5. The predicted molar refractivity (Wildman–Crippen MR) is 104 cm³/mol. The molecule has 1 saturated carbocycles. The minimum absolute atomic E-state index is 0.117. The first kappa shape index (κ1) is 20.7. The number of hydrogen-bond donors (Lipinski definition) is 1. The van der Waals surface area contributed by atoms with Gasteiger partial charge in [-0.3, -0.25) is 4.90 Å². The number of nitrogens with one attached hydrogen (secondary N) is 1. The van der Waals surface area contributed by atoms with Crippen molar-refractivity contribution < 1.29 is 23.8 Å². The smallest absolute Gasteiger partial charge is 0.410 e. The highest BCUT2D eigenvalue weighted by Crippen LogP contribution is 2.34. The second-order valence-corrected chi connectivity index (χ2v) is 8.46. The summed E-state index contributed by atoms with van der Waals surface area (Å²) in [6.45, 7) is 16.3. The third kappa shape index (κ3) is 4.86. The lowest BCUT2D eigenvalue weighted by Gasteiger charge is -2.38. The summed E-state index contributed by atoms with van der Waals surface area (Å²) in [7, 11) is 0. The Morgan fingerprint density at radius 1 is 1.18 bits per heavy atom. The van der Waals surface area contributed by atoms with E-state index in [0.29, 0.717) is 44.1 Å². The SMILES string of the molecule is C=C(CNC(=O)N1CCOC2CC21)C(=C)[C@@H]1COCCN1C(=O)OC(C)(C)C. The Bertz CT molecular complexity index is 657. The normalized spacial score (nSPS) is 26.9. The van der Waals surface area contributed by atoms with E-state index in [0.717, 1.165) is 6.42 Å². The zero-order chi connectivity index (χ0) is 20.5. The maximum atomic E-state index is 12.6. The molecule has 0 radical (unpaired) electrons. The number of morpholine rings is 2. The monoisotopic (exact) mass is 393 g/mol. The highest BCUT2D eigenvalue weighted by molar-refractivity contribution is 5.76. The molecule has 3 atom stereocenters. The Morgan fingerprint density at radius 3 is 2.61 bits per heavy atom. The fourth-order valence-corrected chi connectivity index (χ4v) is 3.45. The van der Waals surface area contributed by atoms with Crippen LogP contribution in [-0.2, 0) is 14.2 Å². The van der Waals surface area contributed by atoms with Gasteiger partial charge in [0, 0.05) is 19.6 Å². The van der Waals surface area contributed by atoms with E-state index in [2.05, 4.69) is 18.5 Å². The predicted octanol–water partition coefficient (Wildman–Crippen LogP) is 1.92. The molecule has 2 heterocycles. The van der Waals surface area contributed by atoms with Gasteiger partial charge in [-0.05, 0) is 38.3 Å². The van der Waals surface area contributed by atoms with Crippen LogP contribution in [0.15, 0.2) is 24.3 Å². The lowest BCUT2D eigenvalue weighted by molar-refractivity contribution is -0.0236. The quantitative estimate of drug-likeness (QED) is 0.738. The van der Waals surface area contributed by atoms with Crippen molar-refractivity contribution >= 4 is 12.1 Å². The van der Waals surface area contributed by atoms with Crippen molar-refractivity contribution in [3.63, 3.8) is 0 Å². The molecule has 0 bridgehead atoms. The molecule has 3 amide bonds. The molecule has 8 heteroatoms. The summed E-state index contributed by atoms with van der Waals surface area (Å²) in [6.07, 6.45) is 0.706. The second kappa shape index (κ2) is 8.13. The van der Waals surface area contributed by atoms with E-state index in [-0.39, 0.29) is 30.8 Å². The van der Waals surface area contributed by atoms with E-state index in [9.17, 15) is 9.59 Å². The van der Waals surface area contributed by atoms with Crippen molar-refractivity contribution in [2.45, 2.75) is 51.0 Å². The van der Waals surface area contributed by atoms with E-state index in [1.54, 1.807) is 4.90 Å². The van der Waals surface area contributed by atoms with Crippen LogP contribution in [0.5, 0.6) is 0 Å². The first-order chi connectivity index (χ1) is 13.2. The third-order valence-electron chi connectivity index (χ3n) is 5.09. The molecule has 0 spiro atoms. The van der Waals surface area contributed by atoms with Crippen molar-refractivity contribution in [2.24, 2.45) is 0 Å². The average molecular weight is 393 g/mol. The van der Waals surface area contributed by atoms with Gasteiger partial charge in [0.05, 0.1) is 38.0 Å². The number of amides is 3. The molecule has 3 aliphatic rings. The Labute approximate surface area is 166 Å². The summed E-state index contributed by atoms with van der Waals surface area (Å²) in [6, 6.07) is -0.280. The highest BCUT2D eigenvalue weighted by atomic mass is 16.6. The summed E-state index contributed by atoms with van der Waals surface area (Å²) >= 11 is 0. The van der Waals surface area contributed by atoms with Gasteiger partial charge in [-0.1, -0.05) is 13.2 Å². The zero-order valence-corrected chi connectivity index (χ0v) is 17.0. The lowest BCUT2D eigenvalue weighted by Crippen LogP contribution is -2.51. The maximum absolute atomic E-state index is 12.6. The summed E-state index contributed by atoms with van der Waals surface area (Å²) in [5.41, 5.74) is 0.751. The molecular weight excluding hydrogens is 362 g/mol. The molecule has 3 rings (SSSR count). The van der Waals surface area contributed by atoms with Crippen molar-refractivity contribution in [3.8, 4) is 0 Å². The Balaban J connectivity index is 1.54. The van der Waals surface area contributed by atoms with Crippen LogP contribution in [-0.4, -0.2) is 85.2 Å². The van der Waals surface area contributed by atoms with Gasteiger partial charge >= 0.3 is 12.1 Å². The third-order valence-corrected chi connectivity index (χ3v) is 5.09. The fraction of sp³-hybridized carbons (Fsp3) is 0.700. The van der Waals surface area contributed by atoms with Gasteiger partial charge in [0.1, 0.15) is 5.60 Å². The van der Waals surface area contributed by atoms with Gasteiger partial charge in [0.25, 0.3) is 0 Å². The molecule has 0 aromatic carbocycles. The average Bonchev–Trinajstić information content (AvgIpc) is 3.43. The number of ether oxygens (including phenoxy) is 3. The van der Waals surface area contributed by atoms with E-state index in [1.807, 2.05) is 25.7 Å². The number of carbonyl (C=O) groups is 2. The summed E-state index contributed by atoms with van der Waals surface area (Å²) in [5, 5.41) is 2.91. The van der Waals surface area contributed by atoms with Gasteiger partial charge < -0.3 is 24.4 Å². The van der Waals surface area contributed by atoms with Crippen LogP contribution in [0, 0.1) is 0 Å². The van der Waals surface area contributed by atoms with Crippen molar-refractivity contribution in [1.82, 2.24) is 15.1 Å². The number of urea groups is 1. The molecule has 0 aromatic rings. The van der Waals surface area contributed by atoms with E-state index >= 15 is 0 Å². The number of nitrogens with zero attached hydrogens (tertiary/aromatic N) is 2. The molecule has 2 aliphatic heterocycles. The maximum Gasteiger partial charge on any atom is 0.410 e. The topological polar surface area (TPSA) is 80.3 Å². The molecule has 2 saturated heterocycles. The lowest BCUT2D eigenvalue weighted by atomic mass is 10.00. The molecule has 3 fully saturated rings. The second-order valence-electron chi connectivity index (χ2n) is 8.46. The molecular formula is C20H31N3O5. The van der Waals surface area contributed by atoms with Crippen LogP contribution < -0.4 is 5.32 Å². The standard InChI is InChI=1S/C20H31N3O5/c1-13(11-21-18(24)22-7-9-27-17-10-15(17)22)14(2)16-12-26-8-6-23(16)19(25)28-20(3,4)5/h15-17H,1-2,6-12H2,3-5H3,(H,21,24)/t15?,16-,17?/m0/s1. The van der Waals surface area contributed by atoms with Crippen LogP contribution in [0.2, 0.25) is 0 Å². The first-order valence-electron chi connectivity index (χ1n) is 9.78. The highest BCUT2D eigenvalue weighted by Gasteiger charge is 2.47. The first-order valence-corrected chi connectivity index (χ1v) is 9.78. The summed E-state index contributed by atoms with van der Waals surface area (Å²) < 4.78 is 16.6. The molecule has 2 unspecified atom stereocenters. The minimum Gasteiger partial charge on any atom is -0.444 e. The zero-order valence-electron chi connectivity index (χ0n) is 17.0. The van der Waals surface area contributed by atoms with Gasteiger partial charge in [0.15, 0.2) is 0 Å². The fourth-order valence-electron chi connectivity index (χ4n) is 3.45.